The van der Waals surface area contributed by atoms with Crippen LogP contribution in [0.4, 0.5) is 0 Å². The Morgan fingerprint density at radius 1 is 1.32 bits per heavy atom. The van der Waals surface area contributed by atoms with Crippen molar-refractivity contribution in [3.8, 4) is 5.75 Å². The van der Waals surface area contributed by atoms with E-state index in [9.17, 15) is 5.11 Å². The van der Waals surface area contributed by atoms with E-state index in [1.165, 1.54) is 11.1 Å². The molecule has 104 valence electrons. The molecule has 4 heteroatoms. The van der Waals surface area contributed by atoms with Crippen LogP contribution in [0.5, 0.6) is 5.75 Å². The van der Waals surface area contributed by atoms with E-state index in [0.717, 1.165) is 55.7 Å². The van der Waals surface area contributed by atoms with Crippen molar-refractivity contribution in [1.82, 2.24) is 4.90 Å². The molecule has 0 spiro atoms. The highest BCUT2D eigenvalue weighted by molar-refractivity contribution is 9.10. The van der Waals surface area contributed by atoms with E-state index < -0.39 is 0 Å². The third kappa shape index (κ3) is 2.96. The Kier molecular flexibility index (Phi) is 4.10. The average molecular weight is 326 g/mol. The summed E-state index contributed by atoms with van der Waals surface area (Å²) < 4.78 is 6.93. The highest BCUT2D eigenvalue weighted by atomic mass is 79.9. The minimum atomic E-state index is 0.337. The number of hydrogen-bond acceptors (Lipinski definition) is 3. The maximum Gasteiger partial charge on any atom is 0.127 e. The third-order valence-corrected chi connectivity index (χ3v) is 4.64. The zero-order valence-corrected chi connectivity index (χ0v) is 12.7. The number of piperidine rings is 1. The Balaban J connectivity index is 1.70. The van der Waals surface area contributed by atoms with Gasteiger partial charge in [0.05, 0.1) is 6.61 Å². The summed E-state index contributed by atoms with van der Waals surface area (Å²) in [6, 6.07) is 4.35. The Morgan fingerprint density at radius 2 is 2.11 bits per heavy atom. The molecule has 1 aromatic rings. The molecule has 0 saturated carbocycles. The molecule has 3 rings (SSSR count). The quantitative estimate of drug-likeness (QED) is 0.927. The number of rotatable bonds is 3. The lowest BCUT2D eigenvalue weighted by Crippen LogP contribution is -2.34. The standard InChI is InChI=1S/C15H20BrNO2/c16-14-7-12-3-6-19-15(12)13(8-14)9-17-4-1-11(10-18)2-5-17/h7-8,11,18H,1-6,9-10H2. The predicted octanol–water partition coefficient (Wildman–Crippen LogP) is 2.59. The number of likely N-dealkylation sites (tertiary alicyclic amines) is 1. The van der Waals surface area contributed by atoms with Crippen LogP contribution in [0.3, 0.4) is 0 Å². The molecule has 0 unspecified atom stereocenters. The molecule has 0 aromatic heterocycles. The molecule has 2 aliphatic rings. The van der Waals surface area contributed by atoms with Gasteiger partial charge >= 0.3 is 0 Å². The van der Waals surface area contributed by atoms with Gasteiger partial charge in [0.2, 0.25) is 0 Å². The Bertz CT molecular complexity index is 456. The maximum atomic E-state index is 9.19. The molecule has 1 N–H and O–H groups in total. The second kappa shape index (κ2) is 5.81. The predicted molar refractivity (Wildman–Crippen MR) is 78.4 cm³/mol. The molecular weight excluding hydrogens is 306 g/mol. The van der Waals surface area contributed by atoms with Gasteiger partial charge in [-0.3, -0.25) is 4.90 Å². The van der Waals surface area contributed by atoms with Gasteiger partial charge in [0.25, 0.3) is 0 Å². The molecule has 2 heterocycles. The largest absolute Gasteiger partial charge is 0.493 e. The first-order valence-corrected chi connectivity index (χ1v) is 7.83. The van der Waals surface area contributed by atoms with E-state index in [1.807, 2.05) is 0 Å². The van der Waals surface area contributed by atoms with Crippen LogP contribution in [0.2, 0.25) is 0 Å². The molecule has 2 aliphatic heterocycles. The van der Waals surface area contributed by atoms with Crippen LogP contribution in [-0.2, 0) is 13.0 Å². The van der Waals surface area contributed by atoms with Crippen molar-refractivity contribution in [2.45, 2.75) is 25.8 Å². The summed E-state index contributed by atoms with van der Waals surface area (Å²) in [6.07, 6.45) is 3.23. The summed E-state index contributed by atoms with van der Waals surface area (Å²) in [4.78, 5) is 2.47. The van der Waals surface area contributed by atoms with E-state index in [2.05, 4.69) is 33.0 Å². The number of hydrogen-bond donors (Lipinski definition) is 1. The summed E-state index contributed by atoms with van der Waals surface area (Å²) in [5, 5.41) is 9.19. The van der Waals surface area contributed by atoms with Crippen molar-refractivity contribution >= 4 is 15.9 Å². The van der Waals surface area contributed by atoms with Gasteiger partial charge in [0.1, 0.15) is 5.75 Å². The summed E-state index contributed by atoms with van der Waals surface area (Å²) in [7, 11) is 0. The van der Waals surface area contributed by atoms with Crippen molar-refractivity contribution in [1.29, 1.82) is 0 Å². The van der Waals surface area contributed by atoms with E-state index in [0.29, 0.717) is 12.5 Å². The molecule has 3 nitrogen and oxygen atoms in total. The van der Waals surface area contributed by atoms with Gasteiger partial charge in [-0.2, -0.15) is 0 Å². The smallest absolute Gasteiger partial charge is 0.127 e. The maximum absolute atomic E-state index is 9.19. The lowest BCUT2D eigenvalue weighted by Gasteiger charge is -2.31. The lowest BCUT2D eigenvalue weighted by atomic mass is 9.97. The molecule has 1 saturated heterocycles. The molecule has 0 amide bonds. The number of nitrogens with zero attached hydrogens (tertiary/aromatic N) is 1. The zero-order valence-electron chi connectivity index (χ0n) is 11.1. The van der Waals surface area contributed by atoms with Gasteiger partial charge in [-0.15, -0.1) is 0 Å². The van der Waals surface area contributed by atoms with Gasteiger partial charge in [0.15, 0.2) is 0 Å². The summed E-state index contributed by atoms with van der Waals surface area (Å²) in [5.74, 6) is 1.60. The molecule has 1 fully saturated rings. The number of halogens is 1. The van der Waals surface area contributed by atoms with Crippen LogP contribution in [-0.4, -0.2) is 36.3 Å². The van der Waals surface area contributed by atoms with Gasteiger partial charge in [-0.05, 0) is 49.5 Å². The van der Waals surface area contributed by atoms with Crippen molar-refractivity contribution < 1.29 is 9.84 Å². The minimum absolute atomic E-state index is 0.337. The van der Waals surface area contributed by atoms with Crippen LogP contribution in [0, 0.1) is 5.92 Å². The van der Waals surface area contributed by atoms with Crippen LogP contribution >= 0.6 is 15.9 Å². The first kappa shape index (κ1) is 13.4. The highest BCUT2D eigenvalue weighted by Crippen LogP contribution is 2.34. The number of fused-ring (bicyclic) bond motifs is 1. The topological polar surface area (TPSA) is 32.7 Å². The SMILES string of the molecule is OCC1CCN(Cc2cc(Br)cc3c2OCC3)CC1. The third-order valence-electron chi connectivity index (χ3n) is 4.18. The molecule has 19 heavy (non-hydrogen) atoms. The number of ether oxygens (including phenoxy) is 1. The van der Waals surface area contributed by atoms with E-state index >= 15 is 0 Å². The average Bonchev–Trinajstić information content (AvgIpc) is 2.88. The highest BCUT2D eigenvalue weighted by Gasteiger charge is 2.22. The molecule has 1 aromatic carbocycles. The van der Waals surface area contributed by atoms with Crippen LogP contribution in [0.25, 0.3) is 0 Å². The molecular formula is C15H20BrNO2. The molecule has 0 aliphatic carbocycles. The first-order valence-electron chi connectivity index (χ1n) is 7.03. The van der Waals surface area contributed by atoms with Crippen LogP contribution in [0.15, 0.2) is 16.6 Å². The lowest BCUT2D eigenvalue weighted by molar-refractivity contribution is 0.126. The van der Waals surface area contributed by atoms with E-state index in [-0.39, 0.29) is 0 Å². The normalized spacial score (nSPS) is 20.3. The van der Waals surface area contributed by atoms with Gasteiger partial charge in [-0.25, -0.2) is 0 Å². The van der Waals surface area contributed by atoms with Crippen molar-refractivity contribution in [3.63, 3.8) is 0 Å². The molecule has 0 bridgehead atoms. The number of aliphatic hydroxyl groups excluding tert-OH is 1. The second-order valence-corrected chi connectivity index (χ2v) is 6.47. The summed E-state index contributed by atoms with van der Waals surface area (Å²) in [6.45, 7) is 4.26. The fourth-order valence-electron chi connectivity index (χ4n) is 3.03. The fraction of sp³-hybridized carbons (Fsp3) is 0.600. The minimum Gasteiger partial charge on any atom is -0.493 e. The van der Waals surface area contributed by atoms with Gasteiger partial charge < -0.3 is 9.84 Å². The number of aliphatic hydroxyl groups is 1. The number of benzene rings is 1. The van der Waals surface area contributed by atoms with Crippen molar-refractivity contribution in [2.75, 3.05) is 26.3 Å². The van der Waals surface area contributed by atoms with Crippen molar-refractivity contribution in [3.05, 3.63) is 27.7 Å². The van der Waals surface area contributed by atoms with Gasteiger partial charge in [-0.1, -0.05) is 15.9 Å². The van der Waals surface area contributed by atoms with E-state index in [1.54, 1.807) is 0 Å². The fourth-order valence-corrected chi connectivity index (χ4v) is 3.58. The summed E-state index contributed by atoms with van der Waals surface area (Å²) >= 11 is 3.59. The Hall–Kier alpha value is -0.580. The van der Waals surface area contributed by atoms with Crippen LogP contribution in [0.1, 0.15) is 24.0 Å². The van der Waals surface area contributed by atoms with Crippen LogP contribution < -0.4 is 4.74 Å². The van der Waals surface area contributed by atoms with Gasteiger partial charge in [0, 0.05) is 29.6 Å². The van der Waals surface area contributed by atoms with Crippen molar-refractivity contribution in [2.24, 2.45) is 5.92 Å². The zero-order chi connectivity index (χ0) is 13.2. The second-order valence-electron chi connectivity index (χ2n) is 5.55. The monoisotopic (exact) mass is 325 g/mol. The Labute approximate surface area is 122 Å². The molecule has 0 atom stereocenters. The molecule has 0 radical (unpaired) electrons. The summed E-state index contributed by atoms with van der Waals surface area (Å²) in [5.41, 5.74) is 2.62. The van der Waals surface area contributed by atoms with E-state index in [4.69, 9.17) is 4.74 Å². The first-order chi connectivity index (χ1) is 9.26. The Morgan fingerprint density at radius 3 is 2.84 bits per heavy atom.